The molecular weight excluding hydrogens is 488 g/mol. The van der Waals surface area contributed by atoms with Crippen LogP contribution in [0.1, 0.15) is 12.5 Å². The van der Waals surface area contributed by atoms with Gasteiger partial charge in [0.1, 0.15) is 17.2 Å². The van der Waals surface area contributed by atoms with Crippen molar-refractivity contribution in [2.45, 2.75) is 11.8 Å². The van der Waals surface area contributed by atoms with Crippen molar-refractivity contribution in [3.8, 4) is 0 Å². The Morgan fingerprint density at radius 3 is 2.40 bits per heavy atom. The third-order valence-electron chi connectivity index (χ3n) is 4.43. The number of benzene rings is 2. The molecule has 3 aromatic rings. The number of aliphatic imine (C=N–C) groups is 1. The van der Waals surface area contributed by atoms with Crippen LogP contribution in [0.4, 0.5) is 11.5 Å². The van der Waals surface area contributed by atoms with Crippen LogP contribution in [0, 0.1) is 0 Å². The number of carbonyl (C=O) groups excluding carboxylic acids is 1. The molecule has 1 heterocycles. The Balaban J connectivity index is 1.73. The third kappa shape index (κ3) is 7.19. The number of anilines is 2. The van der Waals surface area contributed by atoms with E-state index in [-0.39, 0.29) is 33.8 Å². The number of hydrogen-bond acceptors (Lipinski definition) is 7. The normalized spacial score (nSPS) is 12.0. The molecule has 0 spiro atoms. The minimum atomic E-state index is -3.82. The van der Waals surface area contributed by atoms with E-state index in [2.05, 4.69) is 20.0 Å². The molecule has 0 atom stereocenters. The first-order chi connectivity index (χ1) is 16.8. The van der Waals surface area contributed by atoms with E-state index in [1.54, 1.807) is 55.5 Å². The molecule has 0 aliphatic rings. The molecule has 9 nitrogen and oxygen atoms in total. The Morgan fingerprint density at radius 2 is 1.77 bits per heavy atom. The lowest BCUT2D eigenvalue weighted by Gasteiger charge is -2.09. The topological polar surface area (TPSA) is 130 Å². The van der Waals surface area contributed by atoms with Crippen molar-refractivity contribution < 1.29 is 23.1 Å². The maximum Gasteiger partial charge on any atom is 0.343 e. The molecule has 2 aromatic carbocycles. The summed E-state index contributed by atoms with van der Waals surface area (Å²) in [7, 11) is -3.82. The van der Waals surface area contributed by atoms with Crippen LogP contribution >= 0.6 is 12.2 Å². The van der Waals surface area contributed by atoms with Gasteiger partial charge in [-0.05, 0) is 55.5 Å². The monoisotopic (exact) mass is 510 g/mol. The van der Waals surface area contributed by atoms with Gasteiger partial charge in [-0.2, -0.15) is 0 Å². The zero-order valence-electron chi connectivity index (χ0n) is 18.6. The van der Waals surface area contributed by atoms with Gasteiger partial charge in [0.25, 0.3) is 10.0 Å². The van der Waals surface area contributed by atoms with E-state index in [9.17, 15) is 18.3 Å². The van der Waals surface area contributed by atoms with Crippen molar-refractivity contribution in [1.82, 2.24) is 4.98 Å². The van der Waals surface area contributed by atoms with Gasteiger partial charge in [0.05, 0.1) is 11.5 Å². The van der Waals surface area contributed by atoms with Gasteiger partial charge < -0.3 is 15.2 Å². The van der Waals surface area contributed by atoms with Crippen LogP contribution < -0.4 is 10.0 Å². The van der Waals surface area contributed by atoms with Gasteiger partial charge in [-0.25, -0.2) is 23.2 Å². The molecule has 0 fully saturated rings. The summed E-state index contributed by atoms with van der Waals surface area (Å²) in [6, 6.07) is 19.2. The summed E-state index contributed by atoms with van der Waals surface area (Å²) in [4.78, 5) is 20.3. The first-order valence-corrected chi connectivity index (χ1v) is 12.2. The number of rotatable bonds is 8. The lowest BCUT2D eigenvalue weighted by atomic mass is 10.1. The number of esters is 1. The van der Waals surface area contributed by atoms with Crippen molar-refractivity contribution in [2.75, 3.05) is 16.6 Å². The second-order valence-corrected chi connectivity index (χ2v) is 8.95. The molecule has 0 radical (unpaired) electrons. The van der Waals surface area contributed by atoms with E-state index in [1.807, 2.05) is 0 Å². The van der Waals surface area contributed by atoms with E-state index in [0.717, 1.165) is 6.21 Å². The predicted molar refractivity (Wildman–Crippen MR) is 139 cm³/mol. The molecule has 0 aliphatic carbocycles. The minimum absolute atomic E-state index is 0.0186. The Labute approximate surface area is 208 Å². The number of hydrogen-bond donors (Lipinski definition) is 3. The van der Waals surface area contributed by atoms with E-state index in [0.29, 0.717) is 11.3 Å². The highest BCUT2D eigenvalue weighted by molar-refractivity contribution is 7.92. The number of aromatic nitrogens is 1. The number of pyridine rings is 1. The van der Waals surface area contributed by atoms with Crippen molar-refractivity contribution >= 4 is 56.8 Å². The van der Waals surface area contributed by atoms with E-state index < -0.39 is 16.0 Å². The van der Waals surface area contributed by atoms with E-state index in [4.69, 9.17) is 17.0 Å². The van der Waals surface area contributed by atoms with Crippen LogP contribution in [0.5, 0.6) is 0 Å². The largest absolute Gasteiger partial charge is 0.506 e. The molecule has 180 valence electrons. The predicted octanol–water partition coefficient (Wildman–Crippen LogP) is 4.18. The fraction of sp³-hybridized carbons (Fsp3) is 0.0833. The van der Waals surface area contributed by atoms with Gasteiger partial charge in [-0.15, -0.1) is 0 Å². The Hall–Kier alpha value is -4.09. The van der Waals surface area contributed by atoms with Crippen LogP contribution in [-0.4, -0.2) is 42.4 Å². The molecule has 0 bridgehead atoms. The van der Waals surface area contributed by atoms with Crippen LogP contribution in [-0.2, 0) is 19.6 Å². The number of aliphatic hydroxyl groups is 1. The van der Waals surface area contributed by atoms with Gasteiger partial charge in [-0.3, -0.25) is 4.72 Å². The first-order valence-electron chi connectivity index (χ1n) is 10.3. The number of carbonyl (C=O) groups is 1. The second kappa shape index (κ2) is 11.9. The van der Waals surface area contributed by atoms with E-state index >= 15 is 0 Å². The number of ether oxygens (including phenoxy) is 1. The highest BCUT2D eigenvalue weighted by Gasteiger charge is 2.17. The van der Waals surface area contributed by atoms with Crippen molar-refractivity contribution in [3.05, 3.63) is 90.1 Å². The summed E-state index contributed by atoms with van der Waals surface area (Å²) in [6.07, 6.45) is 2.60. The number of thiocarbonyl (C=S) groups is 1. The average Bonchev–Trinajstić information content (AvgIpc) is 2.85. The maximum absolute atomic E-state index is 12.5. The van der Waals surface area contributed by atoms with Gasteiger partial charge in [-0.1, -0.05) is 36.4 Å². The Bertz CT molecular complexity index is 1340. The molecule has 3 N–H and O–H groups in total. The quantitative estimate of drug-likeness (QED) is 0.135. The van der Waals surface area contributed by atoms with Gasteiger partial charge in [0.15, 0.2) is 5.11 Å². The van der Waals surface area contributed by atoms with Gasteiger partial charge in [0, 0.05) is 23.7 Å². The summed E-state index contributed by atoms with van der Waals surface area (Å²) < 4.78 is 32.4. The van der Waals surface area contributed by atoms with Gasteiger partial charge >= 0.3 is 5.97 Å². The summed E-state index contributed by atoms with van der Waals surface area (Å²) in [5.41, 5.74) is 0.721. The second-order valence-electron chi connectivity index (χ2n) is 6.88. The summed E-state index contributed by atoms with van der Waals surface area (Å²) in [5, 5.41) is 13.4. The number of aliphatic hydroxyl groups excluding tert-OH is 1. The number of nitrogens with one attached hydrogen (secondary N) is 2. The lowest BCUT2D eigenvalue weighted by molar-refractivity contribution is -0.137. The Kier molecular flexibility index (Phi) is 8.65. The van der Waals surface area contributed by atoms with Crippen LogP contribution in [0.3, 0.4) is 0 Å². The molecule has 0 saturated heterocycles. The molecule has 0 amide bonds. The number of nitrogens with zero attached hydrogens (tertiary/aromatic N) is 2. The molecule has 11 heteroatoms. The minimum Gasteiger partial charge on any atom is -0.506 e. The molecule has 0 saturated carbocycles. The standard InChI is InChI=1S/C24H22N4O5S2/c1-2-33-23(30)20(22(29)17-8-4-3-5-9-17)16-26-24(34)27-18-11-13-19(14-12-18)35(31,32)28-21-10-6-7-15-25-21/h3-16,29H,2H2,1H3,(H,25,28)(H,27,34). The molecule has 35 heavy (non-hydrogen) atoms. The van der Waals surface area contributed by atoms with Gasteiger partial charge in [0.2, 0.25) is 0 Å². The summed E-state index contributed by atoms with van der Waals surface area (Å²) in [6.45, 7) is 1.76. The molecule has 3 rings (SSSR count). The van der Waals surface area contributed by atoms with Crippen molar-refractivity contribution in [1.29, 1.82) is 0 Å². The zero-order chi connectivity index (χ0) is 25.3. The summed E-state index contributed by atoms with van der Waals surface area (Å²) in [5.74, 6) is -0.852. The Morgan fingerprint density at radius 1 is 1.09 bits per heavy atom. The average molecular weight is 511 g/mol. The highest BCUT2D eigenvalue weighted by Crippen LogP contribution is 2.18. The summed E-state index contributed by atoms with van der Waals surface area (Å²) >= 11 is 5.20. The highest BCUT2D eigenvalue weighted by atomic mass is 32.2. The number of sulfonamides is 1. The van der Waals surface area contributed by atoms with Crippen molar-refractivity contribution in [3.63, 3.8) is 0 Å². The van der Waals surface area contributed by atoms with Crippen LogP contribution in [0.25, 0.3) is 5.76 Å². The lowest BCUT2D eigenvalue weighted by Crippen LogP contribution is -2.14. The fourth-order valence-corrected chi connectivity index (χ4v) is 3.97. The van der Waals surface area contributed by atoms with Crippen LogP contribution in [0.15, 0.2) is 94.5 Å². The fourth-order valence-electron chi connectivity index (χ4n) is 2.79. The molecular formula is C24H22N4O5S2. The smallest absolute Gasteiger partial charge is 0.343 e. The molecule has 1 aromatic heterocycles. The SMILES string of the molecule is CCOC(=O)C(C=NC(=S)Nc1ccc(S(=O)(=O)Nc2ccccn2)cc1)=C(O)c1ccccc1. The molecule has 0 aliphatic heterocycles. The zero-order valence-corrected chi connectivity index (χ0v) is 20.2. The van der Waals surface area contributed by atoms with Crippen molar-refractivity contribution in [2.24, 2.45) is 4.99 Å². The third-order valence-corrected chi connectivity index (χ3v) is 6.01. The first kappa shape index (κ1) is 25.5. The molecule has 0 unspecified atom stereocenters. The van der Waals surface area contributed by atoms with E-state index in [1.165, 1.54) is 30.5 Å². The maximum atomic E-state index is 12.5. The van der Waals surface area contributed by atoms with Crippen LogP contribution in [0.2, 0.25) is 0 Å².